The highest BCUT2D eigenvalue weighted by Gasteiger charge is 2.33. The van der Waals surface area contributed by atoms with Gasteiger partial charge in [-0.05, 0) is 30.7 Å². The molecule has 0 saturated carbocycles. The second-order valence-electron chi connectivity index (χ2n) is 10.0. The molecule has 0 spiro atoms. The molecule has 220 valence electrons. The van der Waals surface area contributed by atoms with E-state index in [9.17, 15) is 4.79 Å². The van der Waals surface area contributed by atoms with E-state index < -0.39 is 0 Å². The molecule has 0 atom stereocenters. The Labute approximate surface area is 246 Å². The number of aliphatic imine (C=N–C) groups is 2. The van der Waals surface area contributed by atoms with Crippen LogP contribution in [0.15, 0.2) is 40.4 Å². The van der Waals surface area contributed by atoms with Crippen LogP contribution in [0.4, 0.5) is 11.5 Å². The van der Waals surface area contributed by atoms with Gasteiger partial charge in [-0.2, -0.15) is 0 Å². The normalized spacial score (nSPS) is 18.5. The number of carbonyl (C=O) groups excluding carboxylic acids is 1. The van der Waals surface area contributed by atoms with E-state index in [-0.39, 0.29) is 18.3 Å². The third-order valence-corrected chi connectivity index (χ3v) is 7.51. The number of hydrogen-bond acceptors (Lipinski definition) is 11. The molecular weight excluding hydrogens is 548 g/mol. The average Bonchev–Trinajstić information content (AvgIpc) is 3.51. The van der Waals surface area contributed by atoms with Gasteiger partial charge in [-0.1, -0.05) is 0 Å². The Balaban J connectivity index is 0.00000337. The minimum Gasteiger partial charge on any atom is -0.491 e. The van der Waals surface area contributed by atoms with Crippen LogP contribution in [0.3, 0.4) is 0 Å². The van der Waals surface area contributed by atoms with Crippen molar-refractivity contribution < 1.29 is 19.0 Å². The van der Waals surface area contributed by atoms with Crippen LogP contribution in [0, 0.1) is 0 Å². The predicted molar refractivity (Wildman–Crippen MR) is 160 cm³/mol. The Morgan fingerprint density at radius 3 is 2.68 bits per heavy atom. The Morgan fingerprint density at radius 2 is 1.93 bits per heavy atom. The van der Waals surface area contributed by atoms with Gasteiger partial charge in [0.1, 0.15) is 17.3 Å². The van der Waals surface area contributed by atoms with Gasteiger partial charge in [-0.3, -0.25) is 24.9 Å². The van der Waals surface area contributed by atoms with Crippen LogP contribution in [0.25, 0.3) is 0 Å². The van der Waals surface area contributed by atoms with Crippen LogP contribution >= 0.6 is 12.4 Å². The minimum absolute atomic E-state index is 0. The van der Waals surface area contributed by atoms with E-state index in [1.54, 1.807) is 19.4 Å². The summed E-state index contributed by atoms with van der Waals surface area (Å²) in [4.78, 5) is 33.9. The van der Waals surface area contributed by atoms with E-state index in [4.69, 9.17) is 24.2 Å². The molecule has 1 aromatic heterocycles. The van der Waals surface area contributed by atoms with Crippen LogP contribution in [0.5, 0.6) is 11.5 Å². The fourth-order valence-electron chi connectivity index (χ4n) is 5.37. The maximum absolute atomic E-state index is 13.2. The summed E-state index contributed by atoms with van der Waals surface area (Å²) in [5, 5.41) is 6.32. The summed E-state index contributed by atoms with van der Waals surface area (Å²) in [5.41, 5.74) is 1.93. The fourth-order valence-corrected chi connectivity index (χ4v) is 5.37. The largest absolute Gasteiger partial charge is 0.491 e. The highest BCUT2D eigenvalue weighted by Crippen LogP contribution is 2.43. The van der Waals surface area contributed by atoms with E-state index in [1.165, 1.54) is 0 Å². The van der Waals surface area contributed by atoms with Gasteiger partial charge in [0.05, 0.1) is 39.0 Å². The zero-order valence-electron chi connectivity index (χ0n) is 23.3. The fraction of sp³-hybridized carbons (Fsp3) is 0.500. The van der Waals surface area contributed by atoms with Crippen LogP contribution in [-0.2, 0) is 4.74 Å². The number of anilines is 1. The quantitative estimate of drug-likeness (QED) is 0.446. The Kier molecular flexibility index (Phi) is 9.55. The van der Waals surface area contributed by atoms with Gasteiger partial charge in [0, 0.05) is 64.1 Å². The number of benzene rings is 1. The van der Waals surface area contributed by atoms with E-state index in [0.29, 0.717) is 48.4 Å². The molecule has 13 heteroatoms. The third kappa shape index (κ3) is 6.40. The number of hydrogen-bond donors (Lipinski definition) is 2. The number of fused-ring (bicyclic) bond motifs is 3. The first-order chi connectivity index (χ1) is 19.7. The zero-order chi connectivity index (χ0) is 27.3. The first kappa shape index (κ1) is 29.1. The maximum atomic E-state index is 13.2. The number of pyridine rings is 1. The molecule has 2 saturated heterocycles. The Hall–Kier alpha value is -3.45. The number of aromatic nitrogens is 1. The second-order valence-corrected chi connectivity index (χ2v) is 10.0. The standard InChI is InChI=1S/C28H36N8O4.ClH/c1-38-25-22(40-16-2-10-34-14-17-39-18-15-34)5-4-21-24(25)32-28(36-13-9-30-26(21)36)33-27(37)20-3-6-23(31-19-20)35-11-7-29-8-12-35;/h3-6,19,29H,2,7-18H2,1H3,(H,32,33,37);1H. The van der Waals surface area contributed by atoms with Crippen LogP contribution in [0.2, 0.25) is 0 Å². The van der Waals surface area contributed by atoms with Crippen molar-refractivity contribution in [2.45, 2.75) is 6.42 Å². The highest BCUT2D eigenvalue weighted by molar-refractivity contribution is 6.20. The molecular formula is C28H37ClN8O4. The summed E-state index contributed by atoms with van der Waals surface area (Å²) in [6.07, 6.45) is 2.51. The molecule has 2 N–H and O–H groups in total. The van der Waals surface area contributed by atoms with Gasteiger partial charge in [-0.15, -0.1) is 12.4 Å². The first-order valence-corrected chi connectivity index (χ1v) is 14.0. The molecule has 4 aliphatic rings. The number of amides is 1. The number of rotatable bonds is 8. The minimum atomic E-state index is -0.276. The predicted octanol–water partition coefficient (Wildman–Crippen LogP) is 1.52. The van der Waals surface area contributed by atoms with Crippen LogP contribution in [0.1, 0.15) is 22.3 Å². The second kappa shape index (κ2) is 13.5. The monoisotopic (exact) mass is 584 g/mol. The van der Waals surface area contributed by atoms with Gasteiger partial charge in [0.25, 0.3) is 5.91 Å². The van der Waals surface area contributed by atoms with Crippen molar-refractivity contribution in [2.24, 2.45) is 9.98 Å². The molecule has 1 aromatic carbocycles. The number of carbonyl (C=O) groups is 1. The number of piperazine rings is 1. The molecule has 0 bridgehead atoms. The summed E-state index contributed by atoms with van der Waals surface area (Å²) in [6.45, 7) is 9.91. The Morgan fingerprint density at radius 1 is 1.10 bits per heavy atom. The summed E-state index contributed by atoms with van der Waals surface area (Å²) in [6, 6.07) is 7.58. The number of morpholine rings is 1. The lowest BCUT2D eigenvalue weighted by Gasteiger charge is -2.29. The SMILES string of the molecule is COc1c(OCCCN2CCOCC2)ccc2c1N=C(NC(=O)c1ccc(N3CCNCC3)nc1)N1CCN=C21.Cl. The number of nitrogens with zero attached hydrogens (tertiary/aromatic N) is 6. The number of methoxy groups -OCH3 is 1. The smallest absolute Gasteiger partial charge is 0.259 e. The van der Waals surface area contributed by atoms with Crippen molar-refractivity contribution in [2.75, 3.05) is 90.7 Å². The van der Waals surface area contributed by atoms with Gasteiger partial charge in [0.15, 0.2) is 11.5 Å². The summed E-state index contributed by atoms with van der Waals surface area (Å²) in [7, 11) is 1.61. The average molecular weight is 585 g/mol. The van der Waals surface area contributed by atoms with E-state index in [0.717, 1.165) is 82.7 Å². The number of halogens is 1. The van der Waals surface area contributed by atoms with Crippen molar-refractivity contribution in [1.82, 2.24) is 25.4 Å². The third-order valence-electron chi connectivity index (χ3n) is 7.51. The molecule has 2 aromatic rings. The van der Waals surface area contributed by atoms with E-state index in [1.807, 2.05) is 23.1 Å². The van der Waals surface area contributed by atoms with E-state index in [2.05, 4.69) is 25.4 Å². The molecule has 1 amide bonds. The van der Waals surface area contributed by atoms with Crippen molar-refractivity contribution in [3.05, 3.63) is 41.6 Å². The molecule has 4 aliphatic heterocycles. The molecule has 12 nitrogen and oxygen atoms in total. The first-order valence-electron chi connectivity index (χ1n) is 14.0. The molecule has 0 radical (unpaired) electrons. The summed E-state index contributed by atoms with van der Waals surface area (Å²) in [5.74, 6) is 2.94. The highest BCUT2D eigenvalue weighted by atomic mass is 35.5. The van der Waals surface area contributed by atoms with E-state index >= 15 is 0 Å². The van der Waals surface area contributed by atoms with Crippen LogP contribution < -0.4 is 25.0 Å². The summed E-state index contributed by atoms with van der Waals surface area (Å²) < 4.78 is 17.3. The lowest BCUT2D eigenvalue weighted by atomic mass is 10.1. The zero-order valence-corrected chi connectivity index (χ0v) is 24.1. The van der Waals surface area contributed by atoms with Gasteiger partial charge < -0.3 is 24.4 Å². The topological polar surface area (TPSA) is 116 Å². The van der Waals surface area contributed by atoms with Gasteiger partial charge in [-0.25, -0.2) is 9.98 Å². The van der Waals surface area contributed by atoms with Crippen molar-refractivity contribution in [1.29, 1.82) is 0 Å². The molecule has 6 rings (SSSR count). The molecule has 5 heterocycles. The van der Waals surface area contributed by atoms with Crippen molar-refractivity contribution in [3.63, 3.8) is 0 Å². The molecule has 41 heavy (non-hydrogen) atoms. The van der Waals surface area contributed by atoms with Crippen molar-refractivity contribution in [3.8, 4) is 11.5 Å². The Bertz CT molecular complexity index is 1280. The number of guanidine groups is 1. The lowest BCUT2D eigenvalue weighted by Crippen LogP contribution is -2.47. The molecule has 2 fully saturated rings. The van der Waals surface area contributed by atoms with Crippen LogP contribution in [-0.4, -0.2) is 118 Å². The summed E-state index contributed by atoms with van der Waals surface area (Å²) >= 11 is 0. The molecule has 0 unspecified atom stereocenters. The lowest BCUT2D eigenvalue weighted by molar-refractivity contribution is 0.0357. The molecule has 0 aliphatic carbocycles. The maximum Gasteiger partial charge on any atom is 0.259 e. The number of amidine groups is 1. The van der Waals surface area contributed by atoms with Gasteiger partial charge in [0.2, 0.25) is 5.96 Å². The van der Waals surface area contributed by atoms with Gasteiger partial charge >= 0.3 is 0 Å². The number of ether oxygens (including phenoxy) is 3. The van der Waals surface area contributed by atoms with Crippen molar-refractivity contribution >= 4 is 41.6 Å². The number of nitrogens with one attached hydrogen (secondary N) is 2.